The van der Waals surface area contributed by atoms with Crippen molar-refractivity contribution in [2.24, 2.45) is 0 Å². The van der Waals surface area contributed by atoms with E-state index in [1.54, 1.807) is 18.7 Å². The highest BCUT2D eigenvalue weighted by molar-refractivity contribution is 7.99. The van der Waals surface area contributed by atoms with Crippen LogP contribution in [0.25, 0.3) is 0 Å². The van der Waals surface area contributed by atoms with Crippen molar-refractivity contribution in [3.8, 4) is 12.3 Å². The Kier molecular flexibility index (Phi) is 11.8. The average molecular weight is 245 g/mol. The Balaban J connectivity index is 3.04. The van der Waals surface area contributed by atoms with Crippen LogP contribution in [-0.2, 0) is 14.3 Å². The predicted molar refractivity (Wildman–Crippen MR) is 66.5 cm³/mol. The van der Waals surface area contributed by atoms with Crippen LogP contribution in [0.5, 0.6) is 0 Å². The lowest BCUT2D eigenvalue weighted by molar-refractivity contribution is -0.148. The number of carbonyl (C=O) groups excluding carboxylic acids is 1. The molecule has 92 valence electrons. The quantitative estimate of drug-likeness (QED) is 0.345. The second-order valence-corrected chi connectivity index (χ2v) is 3.97. The van der Waals surface area contributed by atoms with E-state index in [0.717, 1.165) is 24.6 Å². The molecule has 0 aromatic heterocycles. The molecule has 0 saturated carbocycles. The zero-order chi connectivity index (χ0) is 12.1. The highest BCUT2D eigenvalue weighted by Gasteiger charge is 1.99. The lowest BCUT2D eigenvalue weighted by Crippen LogP contribution is -2.24. The van der Waals surface area contributed by atoms with Crippen LogP contribution in [0.15, 0.2) is 0 Å². The van der Waals surface area contributed by atoms with Crippen molar-refractivity contribution < 1.29 is 14.3 Å². The van der Waals surface area contributed by atoms with Crippen LogP contribution < -0.4 is 5.32 Å². The number of nitrogens with one attached hydrogen (secondary N) is 1. The van der Waals surface area contributed by atoms with Gasteiger partial charge in [0.2, 0.25) is 0 Å². The number of carbonyl (C=O) groups is 1. The Hall–Kier alpha value is -0.700. The Labute approximate surface area is 101 Å². The molecule has 1 N–H and O–H groups in total. The molecule has 0 heterocycles. The van der Waals surface area contributed by atoms with Crippen molar-refractivity contribution in [3.63, 3.8) is 0 Å². The van der Waals surface area contributed by atoms with Gasteiger partial charge in [-0.2, -0.15) is 0 Å². The Morgan fingerprint density at radius 1 is 1.50 bits per heavy atom. The standard InChI is InChI=1S/C11H19NO3S/c1-3-8-16-9-6-12-5-7-14-10-11(13)15-4-2/h1,12H,4-10H2,2H3. The molecule has 0 radical (unpaired) electrons. The summed E-state index contributed by atoms with van der Waals surface area (Å²) < 4.78 is 9.81. The third-order valence-electron chi connectivity index (χ3n) is 1.56. The first-order valence-corrected chi connectivity index (χ1v) is 6.42. The van der Waals surface area contributed by atoms with E-state index in [-0.39, 0.29) is 12.6 Å². The summed E-state index contributed by atoms with van der Waals surface area (Å²) in [7, 11) is 0. The average Bonchev–Trinajstić information content (AvgIpc) is 2.27. The van der Waals surface area contributed by atoms with E-state index < -0.39 is 0 Å². The van der Waals surface area contributed by atoms with Gasteiger partial charge in [0, 0.05) is 18.8 Å². The highest BCUT2D eigenvalue weighted by Crippen LogP contribution is 1.94. The number of hydrogen-bond acceptors (Lipinski definition) is 5. The van der Waals surface area contributed by atoms with Gasteiger partial charge in [0.05, 0.1) is 19.0 Å². The van der Waals surface area contributed by atoms with Crippen molar-refractivity contribution in [1.82, 2.24) is 5.32 Å². The van der Waals surface area contributed by atoms with Gasteiger partial charge >= 0.3 is 5.97 Å². The van der Waals surface area contributed by atoms with Gasteiger partial charge in [-0.05, 0) is 6.92 Å². The summed E-state index contributed by atoms with van der Waals surface area (Å²) >= 11 is 1.71. The molecule has 0 amide bonds. The van der Waals surface area contributed by atoms with E-state index in [1.807, 2.05) is 0 Å². The predicted octanol–water partition coefficient (Wildman–Crippen LogP) is 0.522. The van der Waals surface area contributed by atoms with Crippen LogP contribution in [0.3, 0.4) is 0 Å². The zero-order valence-electron chi connectivity index (χ0n) is 9.66. The molecule has 0 fully saturated rings. The Morgan fingerprint density at radius 3 is 3.00 bits per heavy atom. The van der Waals surface area contributed by atoms with E-state index >= 15 is 0 Å². The van der Waals surface area contributed by atoms with Crippen LogP contribution in [0.1, 0.15) is 6.92 Å². The third kappa shape index (κ3) is 11.4. The number of thioether (sulfide) groups is 1. The molecular weight excluding hydrogens is 226 g/mol. The number of rotatable bonds is 10. The summed E-state index contributed by atoms with van der Waals surface area (Å²) in [5.74, 6) is 3.99. The molecule has 0 aromatic carbocycles. The molecule has 0 saturated heterocycles. The van der Waals surface area contributed by atoms with Crippen LogP contribution in [0.2, 0.25) is 0 Å². The van der Waals surface area contributed by atoms with E-state index in [0.29, 0.717) is 13.2 Å². The van der Waals surface area contributed by atoms with Crippen molar-refractivity contribution in [2.45, 2.75) is 6.92 Å². The maximum absolute atomic E-state index is 10.9. The minimum absolute atomic E-state index is 0.0291. The minimum atomic E-state index is -0.313. The molecule has 5 heteroatoms. The van der Waals surface area contributed by atoms with Gasteiger partial charge in [0.15, 0.2) is 0 Å². The summed E-state index contributed by atoms with van der Waals surface area (Å²) in [6.45, 7) is 4.34. The fourth-order valence-electron chi connectivity index (χ4n) is 0.903. The first-order valence-electron chi connectivity index (χ1n) is 5.26. The Bertz CT molecular complexity index is 216. The molecule has 0 atom stereocenters. The van der Waals surface area contributed by atoms with Crippen LogP contribution in [0.4, 0.5) is 0 Å². The number of ether oxygens (including phenoxy) is 2. The minimum Gasteiger partial charge on any atom is -0.464 e. The van der Waals surface area contributed by atoms with E-state index in [9.17, 15) is 4.79 Å². The topological polar surface area (TPSA) is 47.6 Å². The van der Waals surface area contributed by atoms with Crippen LogP contribution in [-0.4, -0.2) is 50.4 Å². The molecule has 0 rings (SSSR count). The number of esters is 1. The first-order chi connectivity index (χ1) is 7.81. The Morgan fingerprint density at radius 2 is 2.31 bits per heavy atom. The van der Waals surface area contributed by atoms with Crippen LogP contribution >= 0.6 is 11.8 Å². The maximum atomic E-state index is 10.9. The van der Waals surface area contributed by atoms with Gasteiger partial charge in [0.25, 0.3) is 0 Å². The molecular formula is C11H19NO3S. The van der Waals surface area contributed by atoms with Gasteiger partial charge in [-0.3, -0.25) is 0 Å². The first kappa shape index (κ1) is 15.3. The largest absolute Gasteiger partial charge is 0.464 e. The number of terminal acetylenes is 1. The smallest absolute Gasteiger partial charge is 0.332 e. The molecule has 4 nitrogen and oxygen atoms in total. The fraction of sp³-hybridized carbons (Fsp3) is 0.727. The highest BCUT2D eigenvalue weighted by atomic mass is 32.2. The fourth-order valence-corrected chi connectivity index (χ4v) is 1.45. The second kappa shape index (κ2) is 12.4. The molecule has 0 aromatic rings. The lowest BCUT2D eigenvalue weighted by Gasteiger charge is -2.05. The lowest BCUT2D eigenvalue weighted by atomic mass is 10.6. The van der Waals surface area contributed by atoms with E-state index in [1.165, 1.54) is 0 Å². The summed E-state index contributed by atoms with van der Waals surface area (Å²) in [6.07, 6.45) is 5.11. The summed E-state index contributed by atoms with van der Waals surface area (Å²) in [4.78, 5) is 10.9. The van der Waals surface area contributed by atoms with Crippen molar-refractivity contribution in [3.05, 3.63) is 0 Å². The third-order valence-corrected chi connectivity index (χ3v) is 2.42. The normalized spacial score (nSPS) is 9.75. The van der Waals surface area contributed by atoms with Gasteiger partial charge in [-0.15, -0.1) is 18.2 Å². The molecule has 0 spiro atoms. The van der Waals surface area contributed by atoms with Crippen molar-refractivity contribution >= 4 is 17.7 Å². The molecule has 16 heavy (non-hydrogen) atoms. The van der Waals surface area contributed by atoms with Gasteiger partial charge < -0.3 is 14.8 Å². The summed E-state index contributed by atoms with van der Waals surface area (Å²) in [5, 5.41) is 3.18. The molecule has 0 unspecified atom stereocenters. The number of hydrogen-bond donors (Lipinski definition) is 1. The van der Waals surface area contributed by atoms with Crippen molar-refractivity contribution in [1.29, 1.82) is 0 Å². The molecule has 0 aliphatic carbocycles. The second-order valence-electron chi connectivity index (χ2n) is 2.86. The van der Waals surface area contributed by atoms with E-state index in [4.69, 9.17) is 15.9 Å². The summed E-state index contributed by atoms with van der Waals surface area (Å²) in [5.41, 5.74) is 0. The molecule has 0 aliphatic heterocycles. The monoisotopic (exact) mass is 245 g/mol. The molecule has 0 aliphatic rings. The zero-order valence-corrected chi connectivity index (χ0v) is 10.5. The van der Waals surface area contributed by atoms with Crippen LogP contribution in [0, 0.1) is 12.3 Å². The van der Waals surface area contributed by atoms with Crippen molar-refractivity contribution in [2.75, 3.05) is 44.4 Å². The maximum Gasteiger partial charge on any atom is 0.332 e. The molecule has 0 bridgehead atoms. The van der Waals surface area contributed by atoms with Gasteiger partial charge in [-0.1, -0.05) is 5.92 Å². The van der Waals surface area contributed by atoms with E-state index in [2.05, 4.69) is 11.2 Å². The summed E-state index contributed by atoms with van der Waals surface area (Å²) in [6, 6.07) is 0. The van der Waals surface area contributed by atoms with Gasteiger partial charge in [-0.25, -0.2) is 4.79 Å². The SMILES string of the molecule is C#CCSCCNCCOCC(=O)OCC. The van der Waals surface area contributed by atoms with Gasteiger partial charge in [0.1, 0.15) is 6.61 Å².